The van der Waals surface area contributed by atoms with Crippen molar-refractivity contribution in [1.82, 2.24) is 10.1 Å². The zero-order valence-electron chi connectivity index (χ0n) is 19.0. The molecule has 6 nitrogen and oxygen atoms in total. The first kappa shape index (κ1) is 26.8. The average Bonchev–Trinajstić information content (AvgIpc) is 3.25. The first-order valence-corrected chi connectivity index (χ1v) is 10.7. The van der Waals surface area contributed by atoms with Crippen LogP contribution in [0.25, 0.3) is 11.0 Å². The van der Waals surface area contributed by atoms with Crippen LogP contribution in [0.15, 0.2) is 16.7 Å². The number of hydrogen-bond donors (Lipinski definition) is 0. The van der Waals surface area contributed by atoms with Gasteiger partial charge in [-0.2, -0.15) is 8.78 Å². The van der Waals surface area contributed by atoms with Crippen LogP contribution in [0, 0.1) is 29.1 Å². The summed E-state index contributed by atoms with van der Waals surface area (Å²) >= 11 is 0. The maximum atomic E-state index is 13.9. The average molecular weight is 523 g/mol. The summed E-state index contributed by atoms with van der Waals surface area (Å²) in [6.45, 7) is 1.85. The number of methoxy groups -OCH3 is 2. The fraction of sp³-hybridized carbons (Fsp3) is 0.435. The van der Waals surface area contributed by atoms with Crippen LogP contribution in [0.1, 0.15) is 25.0 Å². The number of nitrogens with zero attached hydrogens (tertiary/aromatic N) is 2. The summed E-state index contributed by atoms with van der Waals surface area (Å²) in [6.07, 6.45) is 1.57. The molecule has 3 aromatic rings. The van der Waals surface area contributed by atoms with Gasteiger partial charge in [-0.1, -0.05) is 5.16 Å². The molecule has 2 aromatic carbocycles. The van der Waals surface area contributed by atoms with Crippen molar-refractivity contribution in [2.45, 2.75) is 31.8 Å². The third kappa shape index (κ3) is 5.40. The third-order valence-electron chi connectivity index (χ3n) is 5.93. The molecule has 1 aliphatic rings. The topological polar surface area (TPSA) is 57.0 Å². The summed E-state index contributed by atoms with van der Waals surface area (Å²) in [5.74, 6) is -10.2. The van der Waals surface area contributed by atoms with Gasteiger partial charge in [-0.3, -0.25) is 0 Å². The minimum atomic E-state index is -2.20. The van der Waals surface area contributed by atoms with E-state index in [0.717, 1.165) is 24.0 Å². The molecule has 1 aromatic heterocycles. The van der Waals surface area contributed by atoms with Crippen molar-refractivity contribution in [3.05, 3.63) is 46.9 Å². The van der Waals surface area contributed by atoms with Crippen molar-refractivity contribution in [2.75, 3.05) is 33.9 Å². The molecule has 4 rings (SSSR count). The molecule has 1 fully saturated rings. The van der Waals surface area contributed by atoms with Crippen LogP contribution in [0.2, 0.25) is 0 Å². The van der Waals surface area contributed by atoms with Crippen molar-refractivity contribution in [2.24, 2.45) is 0 Å². The predicted octanol–water partition coefficient (Wildman–Crippen LogP) is 5.44. The number of likely N-dealkylation sites (tertiary alicyclic amines) is 1. The van der Waals surface area contributed by atoms with E-state index in [1.165, 1.54) is 0 Å². The van der Waals surface area contributed by atoms with Gasteiger partial charge < -0.3 is 23.6 Å². The van der Waals surface area contributed by atoms with Crippen LogP contribution in [-0.4, -0.2) is 50.0 Å². The van der Waals surface area contributed by atoms with E-state index in [4.69, 9.17) is 18.7 Å². The Labute approximate surface area is 204 Å². The Bertz CT molecular complexity index is 1160. The highest BCUT2D eigenvalue weighted by Gasteiger charge is 2.30. The van der Waals surface area contributed by atoms with Gasteiger partial charge in [0.1, 0.15) is 6.10 Å². The first-order chi connectivity index (χ1) is 16.3. The summed E-state index contributed by atoms with van der Waals surface area (Å²) < 4.78 is 88.8. The molecule has 0 spiro atoms. The predicted molar refractivity (Wildman–Crippen MR) is 119 cm³/mol. The highest BCUT2D eigenvalue weighted by atomic mass is 35.5. The summed E-state index contributed by atoms with van der Waals surface area (Å²) in [4.78, 5) is 2.14. The van der Waals surface area contributed by atoms with Crippen LogP contribution in [0.4, 0.5) is 22.0 Å². The zero-order chi connectivity index (χ0) is 24.4. The molecule has 0 N–H and O–H groups in total. The summed E-state index contributed by atoms with van der Waals surface area (Å²) in [5.41, 5.74) is 1.39. The number of hydrogen-bond acceptors (Lipinski definition) is 6. The molecule has 1 saturated heterocycles. The van der Waals surface area contributed by atoms with Crippen molar-refractivity contribution in [3.8, 4) is 17.2 Å². The van der Waals surface area contributed by atoms with Crippen molar-refractivity contribution >= 4 is 23.4 Å². The number of ether oxygens (including phenoxy) is 3. The van der Waals surface area contributed by atoms with E-state index in [1.807, 2.05) is 6.07 Å². The molecule has 0 saturated carbocycles. The Morgan fingerprint density at radius 1 is 0.914 bits per heavy atom. The summed E-state index contributed by atoms with van der Waals surface area (Å²) in [7, 11) is 3.09. The lowest BCUT2D eigenvalue weighted by Crippen LogP contribution is -2.39. The quantitative estimate of drug-likeness (QED) is 0.223. The van der Waals surface area contributed by atoms with E-state index < -0.39 is 40.9 Å². The number of piperidine rings is 1. The van der Waals surface area contributed by atoms with Gasteiger partial charge in [-0.05, 0) is 38.3 Å². The Balaban J connectivity index is 0.00000342. The molecule has 0 radical (unpaired) electrons. The Morgan fingerprint density at radius 3 is 2.09 bits per heavy atom. The second-order valence-electron chi connectivity index (χ2n) is 7.99. The number of aryl methyl sites for hydroxylation is 1. The van der Waals surface area contributed by atoms with Crippen LogP contribution in [0.5, 0.6) is 17.2 Å². The highest BCUT2D eigenvalue weighted by Crippen LogP contribution is 2.34. The molecule has 0 bridgehead atoms. The normalized spacial score (nSPS) is 14.7. The largest absolute Gasteiger partial charge is 0.493 e. The van der Waals surface area contributed by atoms with Crippen molar-refractivity contribution in [3.63, 3.8) is 0 Å². The fourth-order valence-corrected chi connectivity index (χ4v) is 4.07. The number of benzene rings is 2. The maximum absolute atomic E-state index is 13.9. The van der Waals surface area contributed by atoms with Crippen LogP contribution < -0.4 is 14.2 Å². The lowest BCUT2D eigenvalue weighted by Gasteiger charge is -2.32. The fourth-order valence-electron chi connectivity index (χ4n) is 4.07. The van der Waals surface area contributed by atoms with Gasteiger partial charge >= 0.3 is 0 Å². The van der Waals surface area contributed by atoms with Crippen LogP contribution in [0.3, 0.4) is 0 Å². The smallest absolute Gasteiger partial charge is 0.207 e. The van der Waals surface area contributed by atoms with Gasteiger partial charge in [0, 0.05) is 24.5 Å². The molecule has 192 valence electrons. The van der Waals surface area contributed by atoms with Crippen molar-refractivity contribution in [1.29, 1.82) is 0 Å². The molecular formula is C23H24ClF5N2O4. The van der Waals surface area contributed by atoms with E-state index in [2.05, 4.69) is 10.1 Å². The zero-order valence-corrected chi connectivity index (χ0v) is 19.8. The van der Waals surface area contributed by atoms with Crippen molar-refractivity contribution < 1.29 is 40.7 Å². The second kappa shape index (κ2) is 11.3. The Morgan fingerprint density at radius 2 is 1.49 bits per heavy atom. The SMILES string of the molecule is COc1cc2onc(CCCN3CCC(Oc4c(F)c(F)c(F)c(F)c4F)CC3)c2cc1OC.Cl. The highest BCUT2D eigenvalue weighted by molar-refractivity contribution is 5.85. The monoisotopic (exact) mass is 522 g/mol. The standard InChI is InChI=1S/C23H23F5N2O4.ClH/c1-31-16-10-13-14(29-34-15(13)11-17(16)32-2)4-3-7-30-8-5-12(6-9-30)33-23-21(27)19(25)18(24)20(26)22(23)28;/h10-12H,3-9H2,1-2H3;1H. The van der Waals surface area contributed by atoms with Gasteiger partial charge in [-0.15, -0.1) is 12.4 Å². The second-order valence-corrected chi connectivity index (χ2v) is 7.99. The Hall–Kier alpha value is -2.79. The third-order valence-corrected chi connectivity index (χ3v) is 5.93. The number of halogens is 6. The van der Waals surface area contributed by atoms with E-state index in [0.29, 0.717) is 49.4 Å². The molecule has 0 amide bonds. The summed E-state index contributed by atoms with van der Waals surface area (Å²) in [6, 6.07) is 3.54. The van der Waals surface area contributed by atoms with E-state index in [-0.39, 0.29) is 12.4 Å². The maximum Gasteiger partial charge on any atom is 0.207 e. The molecule has 0 unspecified atom stereocenters. The molecule has 12 heteroatoms. The van der Waals surface area contributed by atoms with Gasteiger partial charge in [0.05, 0.1) is 19.9 Å². The number of aromatic nitrogens is 1. The minimum absolute atomic E-state index is 0. The molecule has 0 aliphatic carbocycles. The molecule has 35 heavy (non-hydrogen) atoms. The minimum Gasteiger partial charge on any atom is -0.493 e. The van der Waals surface area contributed by atoms with Crippen LogP contribution >= 0.6 is 12.4 Å². The van der Waals surface area contributed by atoms with E-state index >= 15 is 0 Å². The first-order valence-electron chi connectivity index (χ1n) is 10.7. The lowest BCUT2D eigenvalue weighted by atomic mass is 10.1. The molecular weight excluding hydrogens is 499 g/mol. The van der Waals surface area contributed by atoms with E-state index in [1.54, 1.807) is 20.3 Å². The Kier molecular flexibility index (Phi) is 8.65. The molecule has 0 atom stereocenters. The molecule has 2 heterocycles. The van der Waals surface area contributed by atoms with E-state index in [9.17, 15) is 22.0 Å². The number of rotatable bonds is 8. The van der Waals surface area contributed by atoms with Gasteiger partial charge in [-0.25, -0.2) is 13.2 Å². The summed E-state index contributed by atoms with van der Waals surface area (Å²) in [5, 5.41) is 4.98. The van der Waals surface area contributed by atoms with Crippen LogP contribution in [-0.2, 0) is 6.42 Å². The van der Waals surface area contributed by atoms with Gasteiger partial charge in [0.15, 0.2) is 22.8 Å². The lowest BCUT2D eigenvalue weighted by molar-refractivity contribution is 0.0905. The number of fused-ring (bicyclic) bond motifs is 1. The molecule has 1 aliphatic heterocycles. The van der Waals surface area contributed by atoms with Gasteiger partial charge in [0.25, 0.3) is 0 Å². The van der Waals surface area contributed by atoms with Gasteiger partial charge in [0.2, 0.25) is 29.1 Å².